The van der Waals surface area contributed by atoms with E-state index in [0.717, 1.165) is 5.56 Å². The molecule has 18 heavy (non-hydrogen) atoms. The third-order valence-corrected chi connectivity index (χ3v) is 3.96. The van der Waals surface area contributed by atoms with Crippen molar-refractivity contribution in [1.29, 1.82) is 0 Å². The van der Waals surface area contributed by atoms with Crippen LogP contribution in [0.4, 0.5) is 11.4 Å². The molecule has 2 rings (SSSR count). The standard InChI is InChI=1S/C11H13N3O2S2/c12-9-3-10(5-11(4-9)18(13,15)16)14-6-8-1-2-17-7-8/h1-5,7,14H,6,12H2,(H2,13,15,16). The SMILES string of the molecule is Nc1cc(NCc2ccsc2)cc(S(N)(=O)=O)c1. The van der Waals surface area contributed by atoms with Gasteiger partial charge in [-0.15, -0.1) is 0 Å². The van der Waals surface area contributed by atoms with Crippen molar-refractivity contribution in [2.45, 2.75) is 11.4 Å². The minimum absolute atomic E-state index is 0.00955. The first-order valence-corrected chi connectivity index (χ1v) is 7.62. The summed E-state index contributed by atoms with van der Waals surface area (Å²) < 4.78 is 22.5. The van der Waals surface area contributed by atoms with Gasteiger partial charge >= 0.3 is 0 Å². The van der Waals surface area contributed by atoms with Crippen LogP contribution in [0.25, 0.3) is 0 Å². The summed E-state index contributed by atoms with van der Waals surface area (Å²) >= 11 is 1.60. The molecular weight excluding hydrogens is 270 g/mol. The molecule has 0 bridgehead atoms. The van der Waals surface area contributed by atoms with Gasteiger partial charge in [0, 0.05) is 17.9 Å². The van der Waals surface area contributed by atoms with Crippen LogP contribution in [0.5, 0.6) is 0 Å². The Kier molecular flexibility index (Phi) is 3.55. The van der Waals surface area contributed by atoms with Crippen molar-refractivity contribution >= 4 is 32.7 Å². The summed E-state index contributed by atoms with van der Waals surface area (Å²) in [5, 5.41) is 12.2. The van der Waals surface area contributed by atoms with E-state index < -0.39 is 10.0 Å². The van der Waals surface area contributed by atoms with E-state index in [-0.39, 0.29) is 4.90 Å². The van der Waals surface area contributed by atoms with E-state index in [0.29, 0.717) is 17.9 Å². The molecule has 0 saturated carbocycles. The fourth-order valence-electron chi connectivity index (χ4n) is 1.49. The van der Waals surface area contributed by atoms with Crippen LogP contribution in [0.3, 0.4) is 0 Å². The summed E-state index contributed by atoms with van der Waals surface area (Å²) in [5.41, 5.74) is 7.76. The zero-order valence-corrected chi connectivity index (χ0v) is 11.1. The first kappa shape index (κ1) is 12.9. The lowest BCUT2D eigenvalue weighted by molar-refractivity contribution is 0.598. The summed E-state index contributed by atoms with van der Waals surface area (Å²) in [7, 11) is -3.74. The van der Waals surface area contributed by atoms with Gasteiger partial charge in [0.15, 0.2) is 0 Å². The lowest BCUT2D eigenvalue weighted by Gasteiger charge is -2.08. The van der Waals surface area contributed by atoms with Crippen molar-refractivity contribution in [2.24, 2.45) is 5.14 Å². The Morgan fingerprint density at radius 3 is 2.67 bits per heavy atom. The molecule has 0 aliphatic carbocycles. The molecule has 0 radical (unpaired) electrons. The number of nitrogens with one attached hydrogen (secondary N) is 1. The third kappa shape index (κ3) is 3.22. The average Bonchev–Trinajstić information content (AvgIpc) is 2.77. The molecule has 7 heteroatoms. The zero-order chi connectivity index (χ0) is 13.2. The van der Waals surface area contributed by atoms with Gasteiger partial charge in [0.1, 0.15) is 0 Å². The van der Waals surface area contributed by atoms with E-state index in [1.807, 2.05) is 16.8 Å². The predicted molar refractivity (Wildman–Crippen MR) is 73.9 cm³/mol. The predicted octanol–water partition coefficient (Wildman–Crippen LogP) is 1.59. The number of benzene rings is 1. The Bertz CT molecular complexity index is 636. The van der Waals surface area contributed by atoms with Crippen LogP contribution in [0.2, 0.25) is 0 Å². The minimum atomic E-state index is -3.74. The van der Waals surface area contributed by atoms with E-state index >= 15 is 0 Å². The second-order valence-electron chi connectivity index (χ2n) is 3.82. The summed E-state index contributed by atoms with van der Waals surface area (Å²) in [4.78, 5) is 0.00955. The van der Waals surface area contributed by atoms with Crippen LogP contribution in [0.1, 0.15) is 5.56 Å². The quantitative estimate of drug-likeness (QED) is 0.742. The van der Waals surface area contributed by atoms with Crippen molar-refractivity contribution in [2.75, 3.05) is 11.1 Å². The molecule has 0 atom stereocenters. The maximum atomic E-state index is 11.3. The normalized spacial score (nSPS) is 11.4. The number of primary sulfonamides is 1. The maximum Gasteiger partial charge on any atom is 0.238 e. The molecule has 1 heterocycles. The van der Waals surface area contributed by atoms with Gasteiger partial charge in [0.25, 0.3) is 0 Å². The monoisotopic (exact) mass is 283 g/mol. The number of anilines is 2. The highest BCUT2D eigenvalue weighted by Gasteiger charge is 2.09. The molecule has 0 aliphatic rings. The van der Waals surface area contributed by atoms with Gasteiger partial charge in [-0.25, -0.2) is 13.6 Å². The van der Waals surface area contributed by atoms with Gasteiger partial charge in [-0.05, 0) is 40.6 Å². The van der Waals surface area contributed by atoms with E-state index in [2.05, 4.69) is 5.32 Å². The Hall–Kier alpha value is -1.57. The number of thiophene rings is 1. The van der Waals surface area contributed by atoms with Crippen LogP contribution in [0, 0.1) is 0 Å². The fourth-order valence-corrected chi connectivity index (χ4v) is 2.75. The van der Waals surface area contributed by atoms with Gasteiger partial charge in [-0.2, -0.15) is 11.3 Å². The van der Waals surface area contributed by atoms with Gasteiger partial charge in [0.2, 0.25) is 10.0 Å². The van der Waals surface area contributed by atoms with E-state index in [1.165, 1.54) is 12.1 Å². The van der Waals surface area contributed by atoms with Gasteiger partial charge in [0.05, 0.1) is 4.90 Å². The van der Waals surface area contributed by atoms with Crippen molar-refractivity contribution in [1.82, 2.24) is 0 Å². The highest BCUT2D eigenvalue weighted by atomic mass is 32.2. The van der Waals surface area contributed by atoms with E-state index in [9.17, 15) is 8.42 Å². The molecule has 0 aliphatic heterocycles. The maximum absolute atomic E-state index is 11.3. The Labute approximate surface area is 109 Å². The highest BCUT2D eigenvalue weighted by molar-refractivity contribution is 7.89. The number of hydrogen-bond acceptors (Lipinski definition) is 5. The molecule has 2 aromatic rings. The summed E-state index contributed by atoms with van der Waals surface area (Å²) in [5.74, 6) is 0. The smallest absolute Gasteiger partial charge is 0.238 e. The average molecular weight is 283 g/mol. The first-order chi connectivity index (χ1) is 8.45. The molecule has 1 aromatic heterocycles. The molecule has 5 N–H and O–H groups in total. The topological polar surface area (TPSA) is 98.2 Å². The molecule has 0 spiro atoms. The first-order valence-electron chi connectivity index (χ1n) is 5.13. The van der Waals surface area contributed by atoms with Gasteiger partial charge in [-0.3, -0.25) is 0 Å². The molecule has 0 unspecified atom stereocenters. The fraction of sp³-hybridized carbons (Fsp3) is 0.0909. The number of rotatable bonds is 4. The Balaban J connectivity index is 2.21. The van der Waals surface area contributed by atoms with Crippen molar-refractivity contribution in [3.63, 3.8) is 0 Å². The van der Waals surface area contributed by atoms with Crippen molar-refractivity contribution in [3.8, 4) is 0 Å². The van der Waals surface area contributed by atoms with E-state index in [1.54, 1.807) is 17.4 Å². The summed E-state index contributed by atoms with van der Waals surface area (Å²) in [6.45, 7) is 0.608. The largest absolute Gasteiger partial charge is 0.399 e. The van der Waals surface area contributed by atoms with Gasteiger partial charge in [-0.1, -0.05) is 0 Å². The third-order valence-electron chi connectivity index (χ3n) is 2.33. The highest BCUT2D eigenvalue weighted by Crippen LogP contribution is 2.20. The number of nitrogens with two attached hydrogens (primary N) is 2. The van der Waals surface area contributed by atoms with Crippen LogP contribution >= 0.6 is 11.3 Å². The molecule has 0 amide bonds. The molecule has 1 aromatic carbocycles. The van der Waals surface area contributed by atoms with Gasteiger partial charge < -0.3 is 11.1 Å². The molecule has 5 nitrogen and oxygen atoms in total. The second kappa shape index (κ2) is 4.97. The Morgan fingerprint density at radius 1 is 1.28 bits per heavy atom. The van der Waals surface area contributed by atoms with Crippen molar-refractivity contribution in [3.05, 3.63) is 40.6 Å². The number of hydrogen-bond donors (Lipinski definition) is 3. The van der Waals surface area contributed by atoms with Crippen LogP contribution in [-0.4, -0.2) is 8.42 Å². The van der Waals surface area contributed by atoms with E-state index in [4.69, 9.17) is 10.9 Å². The zero-order valence-electron chi connectivity index (χ0n) is 9.46. The lowest BCUT2D eigenvalue weighted by Crippen LogP contribution is -2.13. The summed E-state index contributed by atoms with van der Waals surface area (Å²) in [6.07, 6.45) is 0. The molecule has 0 saturated heterocycles. The summed E-state index contributed by atoms with van der Waals surface area (Å²) in [6, 6.07) is 6.47. The van der Waals surface area contributed by atoms with Crippen molar-refractivity contribution < 1.29 is 8.42 Å². The minimum Gasteiger partial charge on any atom is -0.399 e. The van der Waals surface area contributed by atoms with Crippen LogP contribution < -0.4 is 16.2 Å². The van der Waals surface area contributed by atoms with Crippen LogP contribution in [-0.2, 0) is 16.6 Å². The molecule has 96 valence electrons. The molecule has 0 fully saturated rings. The number of sulfonamides is 1. The Morgan fingerprint density at radius 2 is 2.06 bits per heavy atom. The number of nitrogen functional groups attached to an aromatic ring is 1. The van der Waals surface area contributed by atoms with Crippen LogP contribution in [0.15, 0.2) is 39.9 Å². The second-order valence-corrected chi connectivity index (χ2v) is 6.16. The lowest BCUT2D eigenvalue weighted by atomic mass is 10.2. The molecular formula is C11H13N3O2S2.